The number of nitrogens with two attached hydrogens (primary N) is 1. The van der Waals surface area contributed by atoms with Gasteiger partial charge in [0.2, 0.25) is 5.91 Å². The maximum absolute atomic E-state index is 12.5. The minimum atomic E-state index is -0.579. The zero-order valence-corrected chi connectivity index (χ0v) is 14.7. The van der Waals surface area contributed by atoms with Crippen LogP contribution in [-0.2, 0) is 16.0 Å². The van der Waals surface area contributed by atoms with Gasteiger partial charge in [0, 0.05) is 36.9 Å². The Morgan fingerprint density at radius 3 is 2.85 bits per heavy atom. The van der Waals surface area contributed by atoms with Crippen molar-refractivity contribution < 1.29 is 19.2 Å². The van der Waals surface area contributed by atoms with E-state index in [1.165, 1.54) is 25.3 Å². The minimum Gasteiger partial charge on any atom is -0.383 e. The summed E-state index contributed by atoms with van der Waals surface area (Å²) < 4.78 is 4.94. The van der Waals surface area contributed by atoms with Crippen LogP contribution < -0.4 is 16.4 Å². The predicted molar refractivity (Wildman–Crippen MR) is 96.4 cm³/mol. The number of ether oxygens (including phenoxy) is 1. The van der Waals surface area contributed by atoms with Gasteiger partial charge >= 0.3 is 0 Å². The number of primary amides is 1. The molecule has 4 N–H and O–H groups in total. The lowest BCUT2D eigenvalue weighted by Gasteiger charge is -2.11. The Balaban J connectivity index is 2.21. The fourth-order valence-corrected chi connectivity index (χ4v) is 2.77. The molecule has 0 saturated heterocycles. The molecule has 0 aliphatic heterocycles. The van der Waals surface area contributed by atoms with Crippen LogP contribution in [-0.4, -0.2) is 42.0 Å². The summed E-state index contributed by atoms with van der Waals surface area (Å²) in [4.78, 5) is 38.0. The topological polar surface area (TPSA) is 149 Å². The highest BCUT2D eigenvalue weighted by Gasteiger charge is 2.18. The van der Waals surface area contributed by atoms with Gasteiger partial charge in [-0.2, -0.15) is 0 Å². The van der Waals surface area contributed by atoms with Crippen molar-refractivity contribution in [1.82, 2.24) is 4.98 Å². The van der Waals surface area contributed by atoms with Crippen molar-refractivity contribution in [3.63, 3.8) is 0 Å². The number of nitro benzene ring substituents is 1. The second kappa shape index (κ2) is 8.87. The zero-order chi connectivity index (χ0) is 19.1. The highest BCUT2D eigenvalue weighted by atomic mass is 32.1. The fraction of sp³-hybridized carbons (Fsp3) is 0.267. The number of methoxy groups -OCH3 is 1. The third-order valence-electron chi connectivity index (χ3n) is 3.21. The highest BCUT2D eigenvalue weighted by molar-refractivity contribution is 7.14. The van der Waals surface area contributed by atoms with Gasteiger partial charge in [-0.05, 0) is 6.07 Å². The van der Waals surface area contributed by atoms with E-state index in [0.717, 1.165) is 11.3 Å². The Hall–Kier alpha value is -3.05. The predicted octanol–water partition coefficient (Wildman–Crippen LogP) is 1.39. The third-order valence-corrected chi connectivity index (χ3v) is 4.01. The van der Waals surface area contributed by atoms with Crippen LogP contribution in [0.1, 0.15) is 16.1 Å². The molecular formula is C15H17N5O5S. The Morgan fingerprint density at radius 2 is 2.19 bits per heavy atom. The number of rotatable bonds is 9. The van der Waals surface area contributed by atoms with E-state index in [-0.39, 0.29) is 22.8 Å². The number of carbonyl (C=O) groups is 2. The summed E-state index contributed by atoms with van der Waals surface area (Å²) in [6.07, 6.45) is -0.0347. The SMILES string of the molecule is COCCNc1ccc([N+](=O)[O-])cc1C(=O)Nc1nc(CC(N)=O)cs1. The van der Waals surface area contributed by atoms with Gasteiger partial charge in [-0.1, -0.05) is 0 Å². The number of carbonyl (C=O) groups excluding carboxylic acids is 2. The molecule has 0 spiro atoms. The summed E-state index contributed by atoms with van der Waals surface area (Å²) in [5, 5.41) is 18.4. The number of benzene rings is 1. The molecule has 0 unspecified atom stereocenters. The van der Waals surface area contributed by atoms with E-state index >= 15 is 0 Å². The molecule has 10 nitrogen and oxygen atoms in total. The molecule has 1 aromatic carbocycles. The summed E-state index contributed by atoms with van der Waals surface area (Å²) in [6, 6.07) is 3.95. The molecule has 0 aliphatic carbocycles. The molecule has 26 heavy (non-hydrogen) atoms. The number of nitrogens with one attached hydrogen (secondary N) is 2. The van der Waals surface area contributed by atoms with Gasteiger partial charge in [-0.25, -0.2) is 4.98 Å². The molecule has 1 heterocycles. The smallest absolute Gasteiger partial charge is 0.270 e. The maximum Gasteiger partial charge on any atom is 0.270 e. The molecule has 138 valence electrons. The number of hydrogen-bond acceptors (Lipinski definition) is 8. The van der Waals surface area contributed by atoms with Gasteiger partial charge in [0.25, 0.3) is 11.6 Å². The number of anilines is 2. The van der Waals surface area contributed by atoms with Crippen LogP contribution in [0.15, 0.2) is 23.6 Å². The van der Waals surface area contributed by atoms with E-state index in [2.05, 4.69) is 15.6 Å². The lowest BCUT2D eigenvalue weighted by molar-refractivity contribution is -0.384. The summed E-state index contributed by atoms with van der Waals surface area (Å²) >= 11 is 1.13. The first-order valence-corrected chi connectivity index (χ1v) is 8.34. The molecule has 2 rings (SSSR count). The van der Waals surface area contributed by atoms with Crippen LogP contribution >= 0.6 is 11.3 Å². The zero-order valence-electron chi connectivity index (χ0n) is 13.9. The quantitative estimate of drug-likeness (QED) is 0.338. The van der Waals surface area contributed by atoms with Crippen LogP contribution in [0.4, 0.5) is 16.5 Å². The van der Waals surface area contributed by atoms with Crippen molar-refractivity contribution in [2.45, 2.75) is 6.42 Å². The van der Waals surface area contributed by atoms with Crippen molar-refractivity contribution in [2.24, 2.45) is 5.73 Å². The van der Waals surface area contributed by atoms with Crippen LogP contribution in [0.3, 0.4) is 0 Å². The van der Waals surface area contributed by atoms with Gasteiger partial charge in [-0.15, -0.1) is 11.3 Å². The molecule has 0 bridgehead atoms. The normalized spacial score (nSPS) is 10.3. The molecule has 0 aliphatic rings. The van der Waals surface area contributed by atoms with Gasteiger partial charge in [0.1, 0.15) is 0 Å². The van der Waals surface area contributed by atoms with Crippen LogP contribution in [0.25, 0.3) is 0 Å². The summed E-state index contributed by atoms with van der Waals surface area (Å²) in [7, 11) is 1.54. The average molecular weight is 379 g/mol. The summed E-state index contributed by atoms with van der Waals surface area (Å²) in [5.74, 6) is -1.09. The monoisotopic (exact) mass is 379 g/mol. The number of non-ortho nitro benzene ring substituents is 1. The Kier molecular flexibility index (Phi) is 6.58. The van der Waals surface area contributed by atoms with Crippen molar-refractivity contribution in [1.29, 1.82) is 0 Å². The van der Waals surface area contributed by atoms with E-state index in [1.54, 1.807) is 5.38 Å². The molecule has 11 heteroatoms. The van der Waals surface area contributed by atoms with Crippen molar-refractivity contribution >= 4 is 39.7 Å². The van der Waals surface area contributed by atoms with Crippen LogP contribution in [0, 0.1) is 10.1 Å². The summed E-state index contributed by atoms with van der Waals surface area (Å²) in [5.41, 5.74) is 5.87. The maximum atomic E-state index is 12.5. The standard InChI is InChI=1S/C15H17N5O5S/c1-25-5-4-17-12-3-2-10(20(23)24)7-11(12)14(22)19-15-18-9(8-26-15)6-13(16)21/h2-3,7-8,17H,4-6H2,1H3,(H2,16,21)(H,18,19,22). The van der Waals surface area contributed by atoms with E-state index in [0.29, 0.717) is 24.5 Å². The number of nitrogens with zero attached hydrogens (tertiary/aromatic N) is 2. The largest absolute Gasteiger partial charge is 0.383 e. The minimum absolute atomic E-state index is 0.0347. The average Bonchev–Trinajstić information content (AvgIpc) is 3.01. The van der Waals surface area contributed by atoms with Crippen LogP contribution in [0.2, 0.25) is 0 Å². The van der Waals surface area contributed by atoms with E-state index in [4.69, 9.17) is 10.5 Å². The number of nitro groups is 1. The number of amides is 2. The number of hydrogen-bond donors (Lipinski definition) is 3. The Morgan fingerprint density at radius 1 is 1.42 bits per heavy atom. The van der Waals surface area contributed by atoms with Gasteiger partial charge in [0.15, 0.2) is 5.13 Å². The summed E-state index contributed by atoms with van der Waals surface area (Å²) in [6.45, 7) is 0.829. The Bertz CT molecular complexity index is 823. The van der Waals surface area contributed by atoms with Crippen LogP contribution in [0.5, 0.6) is 0 Å². The van der Waals surface area contributed by atoms with E-state index in [9.17, 15) is 19.7 Å². The van der Waals surface area contributed by atoms with Crippen molar-refractivity contribution in [2.75, 3.05) is 30.9 Å². The highest BCUT2D eigenvalue weighted by Crippen LogP contribution is 2.24. The molecule has 0 radical (unpaired) electrons. The Labute approximate surface area is 152 Å². The number of thiazole rings is 1. The first-order valence-electron chi connectivity index (χ1n) is 7.46. The number of aromatic nitrogens is 1. The molecule has 2 aromatic rings. The van der Waals surface area contributed by atoms with E-state index < -0.39 is 16.7 Å². The second-order valence-corrected chi connectivity index (χ2v) is 6.01. The first kappa shape index (κ1) is 19.3. The third kappa shape index (κ3) is 5.22. The molecular weight excluding hydrogens is 362 g/mol. The lowest BCUT2D eigenvalue weighted by Crippen LogP contribution is -2.17. The van der Waals surface area contributed by atoms with E-state index in [1.807, 2.05) is 0 Å². The molecule has 0 saturated carbocycles. The van der Waals surface area contributed by atoms with Gasteiger partial charge < -0.3 is 15.8 Å². The fourth-order valence-electron chi connectivity index (χ4n) is 2.06. The molecule has 0 fully saturated rings. The molecule has 2 amide bonds. The molecule has 1 aromatic heterocycles. The first-order chi connectivity index (χ1) is 12.4. The van der Waals surface area contributed by atoms with Gasteiger partial charge in [0.05, 0.1) is 29.2 Å². The van der Waals surface area contributed by atoms with Crippen molar-refractivity contribution in [3.8, 4) is 0 Å². The second-order valence-electron chi connectivity index (χ2n) is 5.15. The van der Waals surface area contributed by atoms with Crippen molar-refractivity contribution in [3.05, 3.63) is 45.0 Å². The molecule has 0 atom stereocenters. The van der Waals surface area contributed by atoms with Gasteiger partial charge in [-0.3, -0.25) is 25.0 Å². The lowest BCUT2D eigenvalue weighted by atomic mass is 10.1.